The molecule has 1 aromatic rings. The second-order valence-corrected chi connectivity index (χ2v) is 4.82. The van der Waals surface area contributed by atoms with E-state index < -0.39 is 0 Å². The Morgan fingerprint density at radius 2 is 2.06 bits per heavy atom. The summed E-state index contributed by atoms with van der Waals surface area (Å²) in [4.78, 5) is 0. The van der Waals surface area contributed by atoms with Gasteiger partial charge in [0.1, 0.15) is 5.75 Å². The van der Waals surface area contributed by atoms with Gasteiger partial charge in [-0.15, -0.1) is 6.42 Å². The van der Waals surface area contributed by atoms with E-state index in [4.69, 9.17) is 16.9 Å². The summed E-state index contributed by atoms with van der Waals surface area (Å²) in [6, 6.07) is 8.02. The number of ether oxygens (including phenoxy) is 1. The van der Waals surface area contributed by atoms with E-state index >= 15 is 0 Å². The quantitative estimate of drug-likeness (QED) is 0.749. The fraction of sp³-hybridized carbons (Fsp3) is 0.467. The summed E-state index contributed by atoms with van der Waals surface area (Å²) in [6.45, 7) is 4.58. The Morgan fingerprint density at radius 3 is 2.50 bits per heavy atom. The van der Waals surface area contributed by atoms with Crippen LogP contribution in [0.3, 0.4) is 0 Å². The molecule has 0 fully saturated rings. The first kappa shape index (κ1) is 14.6. The first-order valence-electron chi connectivity index (χ1n) is 6.10. The topological polar surface area (TPSA) is 47.3 Å². The molecule has 0 bridgehead atoms. The van der Waals surface area contributed by atoms with Crippen molar-refractivity contribution in [3.05, 3.63) is 29.8 Å². The second-order valence-electron chi connectivity index (χ2n) is 4.82. The molecule has 0 spiro atoms. The molecule has 0 aliphatic heterocycles. The molecular formula is C15H22N2O. The summed E-state index contributed by atoms with van der Waals surface area (Å²) in [5, 5.41) is 3.38. The summed E-state index contributed by atoms with van der Waals surface area (Å²) in [7, 11) is 1.66. The molecule has 98 valence electrons. The lowest BCUT2D eigenvalue weighted by atomic mass is 9.92. The molecule has 0 aliphatic carbocycles. The molecule has 1 aromatic carbocycles. The van der Waals surface area contributed by atoms with Gasteiger partial charge in [0.25, 0.3) is 0 Å². The number of rotatable bonds is 6. The fourth-order valence-corrected chi connectivity index (χ4v) is 1.94. The third kappa shape index (κ3) is 4.06. The van der Waals surface area contributed by atoms with Gasteiger partial charge in [0, 0.05) is 12.1 Å². The van der Waals surface area contributed by atoms with Crippen LogP contribution in [-0.4, -0.2) is 25.2 Å². The predicted octanol–water partition coefficient (Wildman–Crippen LogP) is 1.57. The van der Waals surface area contributed by atoms with E-state index in [-0.39, 0.29) is 11.6 Å². The molecule has 0 amide bonds. The molecule has 1 rings (SSSR count). The zero-order chi connectivity index (χ0) is 13.6. The average molecular weight is 246 g/mol. The van der Waals surface area contributed by atoms with Crippen molar-refractivity contribution in [2.24, 2.45) is 5.73 Å². The van der Waals surface area contributed by atoms with E-state index in [1.54, 1.807) is 7.11 Å². The molecule has 3 nitrogen and oxygen atoms in total. The first-order chi connectivity index (χ1) is 8.53. The molecule has 0 heterocycles. The molecule has 0 saturated carbocycles. The maximum Gasteiger partial charge on any atom is 0.118 e. The van der Waals surface area contributed by atoms with Crippen LogP contribution < -0.4 is 15.8 Å². The van der Waals surface area contributed by atoms with Crippen molar-refractivity contribution >= 4 is 0 Å². The normalized spacial score (nSPS) is 15.5. The number of nitrogens with one attached hydrogen (secondary N) is 1. The molecule has 0 saturated heterocycles. The van der Waals surface area contributed by atoms with Crippen LogP contribution in [0.2, 0.25) is 0 Å². The largest absolute Gasteiger partial charge is 0.497 e. The highest BCUT2D eigenvalue weighted by Crippen LogP contribution is 2.17. The first-order valence-corrected chi connectivity index (χ1v) is 6.10. The number of nitrogens with two attached hydrogens (primary N) is 1. The van der Waals surface area contributed by atoms with Crippen molar-refractivity contribution in [1.82, 2.24) is 5.32 Å². The van der Waals surface area contributed by atoms with Crippen molar-refractivity contribution in [2.75, 3.05) is 13.7 Å². The maximum absolute atomic E-state index is 5.86. The minimum Gasteiger partial charge on any atom is -0.497 e. The van der Waals surface area contributed by atoms with Crippen LogP contribution in [0, 0.1) is 12.3 Å². The van der Waals surface area contributed by atoms with Gasteiger partial charge in [-0.25, -0.2) is 0 Å². The van der Waals surface area contributed by atoms with Crippen LogP contribution in [0.5, 0.6) is 5.75 Å². The number of terminal acetylenes is 1. The van der Waals surface area contributed by atoms with Crippen molar-refractivity contribution in [1.29, 1.82) is 0 Å². The van der Waals surface area contributed by atoms with Crippen LogP contribution in [0.15, 0.2) is 24.3 Å². The van der Waals surface area contributed by atoms with E-state index in [0.717, 1.165) is 12.2 Å². The Morgan fingerprint density at radius 1 is 1.44 bits per heavy atom. The third-order valence-electron chi connectivity index (χ3n) is 3.02. The monoisotopic (exact) mass is 246 g/mol. The summed E-state index contributed by atoms with van der Waals surface area (Å²) >= 11 is 0. The van der Waals surface area contributed by atoms with Crippen LogP contribution in [-0.2, 0) is 6.42 Å². The summed E-state index contributed by atoms with van der Waals surface area (Å²) in [6.07, 6.45) is 6.23. The lowest BCUT2D eigenvalue weighted by molar-refractivity contribution is 0.348. The molecule has 2 unspecified atom stereocenters. The Labute approximate surface area is 110 Å². The highest BCUT2D eigenvalue weighted by atomic mass is 16.5. The molecule has 0 aliphatic rings. The summed E-state index contributed by atoms with van der Waals surface area (Å²) in [5.41, 5.74) is 6.87. The number of hydrogen-bond donors (Lipinski definition) is 2. The van der Waals surface area contributed by atoms with Crippen molar-refractivity contribution < 1.29 is 4.74 Å². The zero-order valence-electron chi connectivity index (χ0n) is 11.4. The highest BCUT2D eigenvalue weighted by Gasteiger charge is 2.24. The molecule has 3 heteroatoms. The lowest BCUT2D eigenvalue weighted by Crippen LogP contribution is -2.53. The van der Waals surface area contributed by atoms with E-state index in [0.29, 0.717) is 6.54 Å². The van der Waals surface area contributed by atoms with Gasteiger partial charge in [0.05, 0.1) is 13.2 Å². The van der Waals surface area contributed by atoms with Crippen LogP contribution >= 0.6 is 0 Å². The van der Waals surface area contributed by atoms with Crippen LogP contribution in [0.4, 0.5) is 0 Å². The molecule has 18 heavy (non-hydrogen) atoms. The Balaban J connectivity index is 2.75. The second kappa shape index (κ2) is 6.44. The summed E-state index contributed by atoms with van der Waals surface area (Å²) < 4.78 is 5.14. The number of methoxy groups -OCH3 is 1. The van der Waals surface area contributed by atoms with E-state index in [1.807, 2.05) is 19.1 Å². The number of benzene rings is 1. The van der Waals surface area contributed by atoms with Gasteiger partial charge in [0.15, 0.2) is 0 Å². The van der Waals surface area contributed by atoms with Gasteiger partial charge in [0.2, 0.25) is 0 Å². The maximum atomic E-state index is 5.86. The molecule has 2 atom stereocenters. The SMILES string of the molecule is C#CC(C)NC(C)(CN)Cc1ccc(OC)cc1. The smallest absolute Gasteiger partial charge is 0.118 e. The van der Waals surface area contributed by atoms with E-state index in [1.165, 1.54) is 5.56 Å². The van der Waals surface area contributed by atoms with E-state index in [2.05, 4.69) is 30.3 Å². The van der Waals surface area contributed by atoms with Gasteiger partial charge in [-0.3, -0.25) is 5.32 Å². The fourth-order valence-electron chi connectivity index (χ4n) is 1.94. The summed E-state index contributed by atoms with van der Waals surface area (Å²) in [5.74, 6) is 3.53. The van der Waals surface area contributed by atoms with Gasteiger partial charge in [-0.2, -0.15) is 0 Å². The van der Waals surface area contributed by atoms with Crippen LogP contribution in [0.25, 0.3) is 0 Å². The Kier molecular flexibility index (Phi) is 5.21. The molecule has 0 aromatic heterocycles. The van der Waals surface area contributed by atoms with Gasteiger partial charge in [-0.1, -0.05) is 18.1 Å². The van der Waals surface area contributed by atoms with Gasteiger partial charge >= 0.3 is 0 Å². The third-order valence-corrected chi connectivity index (χ3v) is 3.02. The van der Waals surface area contributed by atoms with Crippen molar-refractivity contribution in [3.8, 4) is 18.1 Å². The molecule has 0 radical (unpaired) electrons. The number of hydrogen-bond acceptors (Lipinski definition) is 3. The van der Waals surface area contributed by atoms with E-state index in [9.17, 15) is 0 Å². The van der Waals surface area contributed by atoms with Crippen molar-refractivity contribution in [3.63, 3.8) is 0 Å². The Hall–Kier alpha value is -1.50. The zero-order valence-corrected chi connectivity index (χ0v) is 11.4. The minimum absolute atomic E-state index is 0.0109. The Bertz CT molecular complexity index is 407. The van der Waals surface area contributed by atoms with Crippen molar-refractivity contribution in [2.45, 2.75) is 31.8 Å². The molecule has 3 N–H and O–H groups in total. The predicted molar refractivity (Wildman–Crippen MR) is 75.6 cm³/mol. The standard InChI is InChI=1S/C15H22N2O/c1-5-12(2)17-15(3,11-16)10-13-6-8-14(18-4)9-7-13/h1,6-9,12,17H,10-11,16H2,2-4H3. The lowest BCUT2D eigenvalue weighted by Gasteiger charge is -2.31. The van der Waals surface area contributed by atoms with Crippen LogP contribution in [0.1, 0.15) is 19.4 Å². The highest BCUT2D eigenvalue weighted by molar-refractivity contribution is 5.28. The van der Waals surface area contributed by atoms with Gasteiger partial charge < -0.3 is 10.5 Å². The molecular weight excluding hydrogens is 224 g/mol. The average Bonchev–Trinajstić information content (AvgIpc) is 2.39. The minimum atomic E-state index is -0.194. The van der Waals surface area contributed by atoms with Gasteiger partial charge in [-0.05, 0) is 38.0 Å².